The Labute approximate surface area is 198 Å². The number of urea groups is 1. The maximum absolute atomic E-state index is 12.3. The topological polar surface area (TPSA) is 93.7 Å². The van der Waals surface area contributed by atoms with E-state index in [1.54, 1.807) is 6.92 Å². The molecule has 0 heterocycles. The molecule has 0 aromatic heterocycles. The zero-order chi connectivity index (χ0) is 23.8. The third-order valence-electron chi connectivity index (χ3n) is 9.92. The van der Waals surface area contributed by atoms with E-state index in [0.29, 0.717) is 23.9 Å². The monoisotopic (exact) mass is 462 g/mol. The van der Waals surface area contributed by atoms with E-state index in [0.717, 1.165) is 43.9 Å². The third kappa shape index (κ3) is 4.61. The molecule has 0 saturated heterocycles. The molecule has 4 saturated carbocycles. The van der Waals surface area contributed by atoms with Gasteiger partial charge < -0.3 is 20.1 Å². The van der Waals surface area contributed by atoms with E-state index in [1.165, 1.54) is 32.6 Å². The minimum Gasteiger partial charge on any atom is -0.465 e. The molecule has 2 N–H and O–H groups in total. The molecule has 2 amide bonds. The van der Waals surface area contributed by atoms with Crippen molar-refractivity contribution in [1.29, 1.82) is 0 Å². The Bertz CT molecular complexity index is 772. The number of amides is 2. The number of hydrogen-bond donors (Lipinski definition) is 2. The summed E-state index contributed by atoms with van der Waals surface area (Å²) in [5.41, 5.74) is 0.454. The summed E-state index contributed by atoms with van der Waals surface area (Å²) in [5, 5.41) is 5.73. The van der Waals surface area contributed by atoms with E-state index in [1.807, 2.05) is 0 Å². The van der Waals surface area contributed by atoms with Gasteiger partial charge in [0.05, 0.1) is 6.61 Å². The lowest BCUT2D eigenvalue weighted by molar-refractivity contribution is -0.161. The van der Waals surface area contributed by atoms with Crippen molar-refractivity contribution in [2.75, 3.05) is 13.2 Å². The van der Waals surface area contributed by atoms with Crippen LogP contribution in [0.4, 0.5) is 4.79 Å². The number of rotatable bonds is 5. The fourth-order valence-electron chi connectivity index (χ4n) is 8.34. The number of fused-ring (bicyclic) bond motifs is 5. The average Bonchev–Trinajstić information content (AvgIpc) is 3.08. The van der Waals surface area contributed by atoms with Gasteiger partial charge in [0.25, 0.3) is 0 Å². The van der Waals surface area contributed by atoms with Crippen molar-refractivity contribution < 1.29 is 23.9 Å². The molecule has 7 nitrogen and oxygen atoms in total. The minimum absolute atomic E-state index is 0.0829. The molecule has 4 aliphatic carbocycles. The van der Waals surface area contributed by atoms with E-state index < -0.39 is 5.97 Å². The molecule has 4 fully saturated rings. The van der Waals surface area contributed by atoms with Crippen molar-refractivity contribution in [1.82, 2.24) is 10.6 Å². The molecule has 0 bridgehead atoms. The van der Waals surface area contributed by atoms with Crippen molar-refractivity contribution in [2.45, 2.75) is 97.6 Å². The second kappa shape index (κ2) is 9.46. The fraction of sp³-hybridized carbons (Fsp3) is 0.885. The molecule has 0 aromatic rings. The first kappa shape index (κ1) is 24.3. The molecule has 0 radical (unpaired) electrons. The predicted molar refractivity (Wildman–Crippen MR) is 124 cm³/mol. The van der Waals surface area contributed by atoms with Gasteiger partial charge in [0, 0.05) is 18.4 Å². The van der Waals surface area contributed by atoms with Gasteiger partial charge in [0.1, 0.15) is 12.6 Å². The van der Waals surface area contributed by atoms with Crippen LogP contribution in [0.5, 0.6) is 0 Å². The van der Waals surface area contributed by atoms with Gasteiger partial charge in [-0.3, -0.25) is 9.59 Å². The molecular formula is C26H42N2O5. The van der Waals surface area contributed by atoms with Gasteiger partial charge in [-0.25, -0.2) is 4.79 Å². The summed E-state index contributed by atoms with van der Waals surface area (Å²) in [6.07, 6.45) is 10.3. The Kier molecular flexibility index (Phi) is 6.97. The summed E-state index contributed by atoms with van der Waals surface area (Å²) < 4.78 is 10.7. The highest BCUT2D eigenvalue weighted by molar-refractivity contribution is 5.80. The van der Waals surface area contributed by atoms with Crippen LogP contribution in [0.1, 0.15) is 85.5 Å². The Morgan fingerprint density at radius 2 is 1.67 bits per heavy atom. The second-order valence-electron chi connectivity index (χ2n) is 11.5. The highest BCUT2D eigenvalue weighted by Crippen LogP contribution is 2.66. The van der Waals surface area contributed by atoms with Gasteiger partial charge >= 0.3 is 18.0 Å². The number of nitrogens with one attached hydrogen (secondary N) is 2. The van der Waals surface area contributed by atoms with E-state index in [-0.39, 0.29) is 36.1 Å². The Hall–Kier alpha value is -1.79. The second-order valence-corrected chi connectivity index (χ2v) is 11.5. The minimum atomic E-state index is -0.408. The zero-order valence-corrected chi connectivity index (χ0v) is 20.8. The third-order valence-corrected chi connectivity index (χ3v) is 9.92. The van der Waals surface area contributed by atoms with Crippen LogP contribution in [0, 0.1) is 34.5 Å². The molecule has 8 atom stereocenters. The van der Waals surface area contributed by atoms with Crippen LogP contribution >= 0.6 is 0 Å². The molecule has 7 heteroatoms. The van der Waals surface area contributed by atoms with Crippen LogP contribution in [0.25, 0.3) is 0 Å². The number of ether oxygens (including phenoxy) is 2. The molecule has 0 aliphatic heterocycles. The lowest BCUT2D eigenvalue weighted by Gasteiger charge is -2.61. The van der Waals surface area contributed by atoms with Crippen LogP contribution < -0.4 is 10.6 Å². The summed E-state index contributed by atoms with van der Waals surface area (Å²) in [7, 11) is 0. The number of hydrogen-bond acceptors (Lipinski definition) is 5. The van der Waals surface area contributed by atoms with Crippen molar-refractivity contribution in [3.63, 3.8) is 0 Å². The molecule has 8 unspecified atom stereocenters. The molecular weight excluding hydrogens is 420 g/mol. The SMILES string of the molecule is CCOC(=O)CNC(=O)NC1CCC2(C)C(CCC3C2CCC2(C)C(OC(C)=O)CCC32)C1. The zero-order valence-electron chi connectivity index (χ0n) is 20.8. The van der Waals surface area contributed by atoms with E-state index in [9.17, 15) is 14.4 Å². The van der Waals surface area contributed by atoms with Gasteiger partial charge in [-0.1, -0.05) is 13.8 Å². The Morgan fingerprint density at radius 3 is 2.39 bits per heavy atom. The van der Waals surface area contributed by atoms with Crippen LogP contribution in [0.2, 0.25) is 0 Å². The van der Waals surface area contributed by atoms with E-state index in [2.05, 4.69) is 24.5 Å². The van der Waals surface area contributed by atoms with Gasteiger partial charge in [-0.15, -0.1) is 0 Å². The standard InChI is InChI=1S/C26H42N2O5/c1-5-32-23(30)15-27-24(31)28-18-10-12-25(3)17(14-18)6-7-19-20-8-9-22(33-16(2)29)26(20,4)13-11-21(19)25/h17-22H,5-15H2,1-4H3,(H2,27,28,31). The van der Waals surface area contributed by atoms with Crippen LogP contribution in [-0.4, -0.2) is 43.3 Å². The quantitative estimate of drug-likeness (QED) is 0.598. The smallest absolute Gasteiger partial charge is 0.325 e. The van der Waals surface area contributed by atoms with Crippen molar-refractivity contribution in [3.05, 3.63) is 0 Å². The first-order valence-corrected chi connectivity index (χ1v) is 13.0. The molecule has 33 heavy (non-hydrogen) atoms. The van der Waals surface area contributed by atoms with Crippen LogP contribution in [0.15, 0.2) is 0 Å². The molecule has 4 aliphatic rings. The van der Waals surface area contributed by atoms with E-state index in [4.69, 9.17) is 9.47 Å². The first-order valence-electron chi connectivity index (χ1n) is 13.0. The Morgan fingerprint density at radius 1 is 0.939 bits per heavy atom. The molecule has 0 spiro atoms. The predicted octanol–water partition coefficient (Wildman–Crippen LogP) is 4.19. The summed E-state index contributed by atoms with van der Waals surface area (Å²) in [6.45, 7) is 8.40. The molecule has 0 aromatic carbocycles. The van der Waals surface area contributed by atoms with Crippen molar-refractivity contribution in [2.24, 2.45) is 34.5 Å². The maximum atomic E-state index is 12.3. The maximum Gasteiger partial charge on any atom is 0.325 e. The highest BCUT2D eigenvalue weighted by Gasteiger charge is 2.61. The first-order chi connectivity index (χ1) is 15.7. The number of carbonyl (C=O) groups excluding carboxylic acids is 3. The largest absolute Gasteiger partial charge is 0.465 e. The summed E-state index contributed by atoms with van der Waals surface area (Å²) >= 11 is 0. The number of esters is 2. The summed E-state index contributed by atoms with van der Waals surface area (Å²) in [4.78, 5) is 35.4. The van der Waals surface area contributed by atoms with Gasteiger partial charge in [-0.05, 0) is 93.8 Å². The highest BCUT2D eigenvalue weighted by atomic mass is 16.5. The van der Waals surface area contributed by atoms with Gasteiger partial charge in [0.15, 0.2) is 0 Å². The molecule has 4 rings (SSSR count). The van der Waals surface area contributed by atoms with E-state index >= 15 is 0 Å². The fourth-order valence-corrected chi connectivity index (χ4v) is 8.34. The normalized spacial score (nSPS) is 41.7. The summed E-state index contributed by atoms with van der Waals surface area (Å²) in [6, 6.07) is -0.114. The van der Waals surface area contributed by atoms with Crippen LogP contribution in [0.3, 0.4) is 0 Å². The number of carbonyl (C=O) groups is 3. The van der Waals surface area contributed by atoms with Crippen LogP contribution in [-0.2, 0) is 19.1 Å². The summed E-state index contributed by atoms with van der Waals surface area (Å²) in [5.74, 6) is 2.18. The average molecular weight is 463 g/mol. The lowest BCUT2D eigenvalue weighted by atomic mass is 9.45. The van der Waals surface area contributed by atoms with Crippen molar-refractivity contribution in [3.8, 4) is 0 Å². The lowest BCUT2D eigenvalue weighted by Crippen LogP contribution is -2.56. The van der Waals surface area contributed by atoms with Crippen molar-refractivity contribution >= 4 is 18.0 Å². The molecule has 186 valence electrons. The van der Waals surface area contributed by atoms with Gasteiger partial charge in [-0.2, -0.15) is 0 Å². The Balaban J connectivity index is 1.36. The van der Waals surface area contributed by atoms with Gasteiger partial charge in [0.2, 0.25) is 0 Å².